The zero-order valence-corrected chi connectivity index (χ0v) is 19.6. The summed E-state index contributed by atoms with van der Waals surface area (Å²) in [6.07, 6.45) is 2.42. The van der Waals surface area contributed by atoms with Crippen LogP contribution in [-0.2, 0) is 6.54 Å². The topological polar surface area (TPSA) is 64.6 Å². The summed E-state index contributed by atoms with van der Waals surface area (Å²) in [5, 5.41) is 0.941. The largest absolute Gasteiger partial charge is 0.493 e. The van der Waals surface area contributed by atoms with Gasteiger partial charge in [0.1, 0.15) is 10.7 Å². The van der Waals surface area contributed by atoms with Gasteiger partial charge >= 0.3 is 0 Å². The number of hydrogen-bond acceptors (Lipinski definition) is 7. The average molecular weight is 440 g/mol. The number of hydrogen-bond donors (Lipinski definition) is 0. The lowest BCUT2D eigenvalue weighted by atomic mass is 9.99. The Kier molecular flexibility index (Phi) is 6.25. The van der Waals surface area contributed by atoms with E-state index in [1.165, 1.54) is 24.6 Å². The molecule has 0 radical (unpaired) electrons. The van der Waals surface area contributed by atoms with Crippen LogP contribution in [0.3, 0.4) is 0 Å². The van der Waals surface area contributed by atoms with Crippen molar-refractivity contribution in [3.8, 4) is 17.4 Å². The van der Waals surface area contributed by atoms with Gasteiger partial charge in [0, 0.05) is 10.4 Å². The highest BCUT2D eigenvalue weighted by Crippen LogP contribution is 2.39. The quantitative estimate of drug-likeness (QED) is 0.470. The van der Waals surface area contributed by atoms with E-state index < -0.39 is 0 Å². The molecule has 2 aromatic heterocycles. The molecule has 4 rings (SSSR count). The maximum atomic E-state index is 11.7. The molecule has 0 bridgehead atoms. The molecule has 0 N–H and O–H groups in total. The number of thiophene rings is 1. The van der Waals surface area contributed by atoms with Crippen molar-refractivity contribution >= 4 is 27.3 Å². The Morgan fingerprint density at radius 2 is 1.94 bits per heavy atom. The van der Waals surface area contributed by atoms with Gasteiger partial charge in [0.05, 0.1) is 19.0 Å². The Balaban J connectivity index is 1.71. The number of aryl methyl sites for hydroxylation is 2. The van der Waals surface area contributed by atoms with Crippen LogP contribution in [0.25, 0.3) is 10.2 Å². The summed E-state index contributed by atoms with van der Waals surface area (Å²) in [5.74, 6) is 3.13. The number of carbonyl (C=O) groups is 1. The number of benzene rings is 1. The maximum absolute atomic E-state index is 11.7. The number of carbonyl (C=O) groups excluding carboxylic acids is 1. The van der Waals surface area contributed by atoms with Gasteiger partial charge in [-0.25, -0.2) is 4.98 Å². The second-order valence-corrected chi connectivity index (χ2v) is 9.59. The van der Waals surface area contributed by atoms with Crippen LogP contribution < -0.4 is 9.47 Å². The Bertz CT molecular complexity index is 1120. The molecule has 1 saturated heterocycles. The maximum Gasteiger partial charge on any atom is 0.231 e. The number of Topliss-reactive ketones (excluding diaryl/α,β-unsaturated/α-hetero) is 1. The molecule has 0 saturated carbocycles. The van der Waals surface area contributed by atoms with Crippen LogP contribution >= 0.6 is 11.3 Å². The van der Waals surface area contributed by atoms with Crippen molar-refractivity contribution in [2.24, 2.45) is 5.92 Å². The molecule has 31 heavy (non-hydrogen) atoms. The number of piperidine rings is 1. The smallest absolute Gasteiger partial charge is 0.231 e. The minimum atomic E-state index is -0.0169. The SMILES string of the molecule is COc1cc(C(C)=O)ccc1Oc1nc(CN2CCC(C)CC2)nc2sc(C)c(C)c12. The molecule has 0 atom stereocenters. The van der Waals surface area contributed by atoms with E-state index in [4.69, 9.17) is 19.4 Å². The van der Waals surface area contributed by atoms with Gasteiger partial charge in [-0.15, -0.1) is 11.3 Å². The van der Waals surface area contributed by atoms with Crippen molar-refractivity contribution in [1.82, 2.24) is 14.9 Å². The molecule has 1 fully saturated rings. The van der Waals surface area contributed by atoms with Crippen molar-refractivity contribution in [1.29, 1.82) is 0 Å². The normalized spacial score (nSPS) is 15.4. The molecule has 0 amide bonds. The molecule has 1 aliphatic heterocycles. The number of likely N-dealkylation sites (tertiary alicyclic amines) is 1. The number of fused-ring (bicyclic) bond motifs is 1. The molecular formula is C24H29N3O3S. The summed E-state index contributed by atoms with van der Waals surface area (Å²) < 4.78 is 11.8. The standard InChI is InChI=1S/C24H29N3O3S/c1-14-8-10-27(11-9-14)13-21-25-23(22-15(2)17(4)31-24(22)26-21)30-19-7-6-18(16(3)28)12-20(19)29-5/h6-7,12,14H,8-11,13H2,1-5H3. The molecule has 164 valence electrons. The Morgan fingerprint density at radius 1 is 1.19 bits per heavy atom. The number of rotatable bonds is 6. The molecule has 0 spiro atoms. The van der Waals surface area contributed by atoms with Crippen LogP contribution in [0.2, 0.25) is 0 Å². The van der Waals surface area contributed by atoms with Gasteiger partial charge in [-0.2, -0.15) is 4.98 Å². The van der Waals surface area contributed by atoms with Crippen molar-refractivity contribution in [3.05, 3.63) is 40.0 Å². The van der Waals surface area contributed by atoms with Crippen LogP contribution in [0, 0.1) is 19.8 Å². The van der Waals surface area contributed by atoms with Crippen LogP contribution in [0.4, 0.5) is 0 Å². The molecular weight excluding hydrogens is 410 g/mol. The second-order valence-electron chi connectivity index (χ2n) is 8.39. The molecule has 1 aromatic carbocycles. The Hall–Kier alpha value is -2.51. The van der Waals surface area contributed by atoms with E-state index in [-0.39, 0.29) is 5.78 Å². The van der Waals surface area contributed by atoms with E-state index in [9.17, 15) is 4.79 Å². The lowest BCUT2D eigenvalue weighted by molar-refractivity contribution is 0.101. The van der Waals surface area contributed by atoms with Gasteiger partial charge in [0.25, 0.3) is 0 Å². The molecule has 0 aliphatic carbocycles. The highest BCUT2D eigenvalue weighted by Gasteiger charge is 2.21. The molecule has 6 nitrogen and oxygen atoms in total. The summed E-state index contributed by atoms with van der Waals surface area (Å²) in [6, 6.07) is 5.22. The van der Waals surface area contributed by atoms with Crippen molar-refractivity contribution in [2.45, 2.75) is 47.1 Å². The summed E-state index contributed by atoms with van der Waals surface area (Å²) in [5.41, 5.74) is 1.72. The predicted molar refractivity (Wildman–Crippen MR) is 124 cm³/mol. The fourth-order valence-electron chi connectivity index (χ4n) is 3.89. The fourth-order valence-corrected chi connectivity index (χ4v) is 4.93. The lowest BCUT2D eigenvalue weighted by Crippen LogP contribution is -2.32. The third kappa shape index (κ3) is 4.57. The van der Waals surface area contributed by atoms with E-state index >= 15 is 0 Å². The molecule has 1 aliphatic rings. The van der Waals surface area contributed by atoms with Crippen LogP contribution in [-0.4, -0.2) is 40.9 Å². The van der Waals surface area contributed by atoms with Gasteiger partial charge in [0.2, 0.25) is 5.88 Å². The summed E-state index contributed by atoms with van der Waals surface area (Å²) in [7, 11) is 1.57. The van der Waals surface area contributed by atoms with Crippen molar-refractivity contribution in [3.63, 3.8) is 0 Å². The third-order valence-corrected chi connectivity index (χ3v) is 7.16. The van der Waals surface area contributed by atoms with Gasteiger partial charge in [-0.05, 0) is 76.4 Å². The summed E-state index contributed by atoms with van der Waals surface area (Å²) >= 11 is 1.67. The highest BCUT2D eigenvalue weighted by molar-refractivity contribution is 7.18. The monoisotopic (exact) mass is 439 g/mol. The first-order valence-corrected chi connectivity index (χ1v) is 11.5. The van der Waals surface area contributed by atoms with E-state index in [0.717, 1.165) is 47.2 Å². The average Bonchev–Trinajstić information content (AvgIpc) is 3.03. The number of ketones is 1. The first-order valence-electron chi connectivity index (χ1n) is 10.7. The molecule has 3 heterocycles. The summed E-state index contributed by atoms with van der Waals surface area (Å²) in [4.78, 5) is 26.0. The van der Waals surface area contributed by atoms with Gasteiger partial charge in [0.15, 0.2) is 17.3 Å². The van der Waals surface area contributed by atoms with E-state index in [1.807, 2.05) is 0 Å². The number of aromatic nitrogens is 2. The molecule has 7 heteroatoms. The van der Waals surface area contributed by atoms with Crippen molar-refractivity contribution in [2.75, 3.05) is 20.2 Å². The van der Waals surface area contributed by atoms with Crippen LogP contribution in [0.5, 0.6) is 17.4 Å². The Labute approximate surface area is 187 Å². The lowest BCUT2D eigenvalue weighted by Gasteiger charge is -2.29. The van der Waals surface area contributed by atoms with Crippen LogP contribution in [0.1, 0.15) is 53.3 Å². The summed E-state index contributed by atoms with van der Waals surface area (Å²) in [6.45, 7) is 10.9. The zero-order chi connectivity index (χ0) is 22.1. The van der Waals surface area contributed by atoms with Gasteiger partial charge < -0.3 is 9.47 Å². The van der Waals surface area contributed by atoms with Crippen molar-refractivity contribution < 1.29 is 14.3 Å². The number of nitrogens with zero attached hydrogens (tertiary/aromatic N) is 3. The Morgan fingerprint density at radius 3 is 2.61 bits per heavy atom. The molecule has 0 unspecified atom stereocenters. The second kappa shape index (κ2) is 8.93. The fraction of sp³-hybridized carbons (Fsp3) is 0.458. The predicted octanol–water partition coefficient (Wildman–Crippen LogP) is 5.54. The van der Waals surface area contributed by atoms with Gasteiger partial charge in [-0.3, -0.25) is 9.69 Å². The van der Waals surface area contributed by atoms with Crippen LogP contribution in [0.15, 0.2) is 18.2 Å². The zero-order valence-electron chi connectivity index (χ0n) is 18.8. The number of ether oxygens (including phenoxy) is 2. The highest BCUT2D eigenvalue weighted by atomic mass is 32.1. The number of methoxy groups -OCH3 is 1. The van der Waals surface area contributed by atoms with E-state index in [1.54, 1.807) is 36.6 Å². The third-order valence-electron chi connectivity index (χ3n) is 6.06. The van der Waals surface area contributed by atoms with E-state index in [0.29, 0.717) is 22.9 Å². The first-order chi connectivity index (χ1) is 14.9. The minimum absolute atomic E-state index is 0.0169. The minimum Gasteiger partial charge on any atom is -0.493 e. The van der Waals surface area contributed by atoms with E-state index in [2.05, 4.69) is 25.7 Å². The molecule has 3 aromatic rings. The first kappa shape index (κ1) is 21.7. The van der Waals surface area contributed by atoms with Gasteiger partial charge in [-0.1, -0.05) is 6.92 Å².